The Labute approximate surface area is 376 Å². The highest BCUT2D eigenvalue weighted by Crippen LogP contribution is 2.14. The highest BCUT2D eigenvalue weighted by molar-refractivity contribution is 5.89. The number of hydrogen-bond donors (Lipinski definition) is 5. The number of guanidine groups is 1. The van der Waals surface area contributed by atoms with Gasteiger partial charge < -0.3 is 27.8 Å². The Balaban J connectivity index is -0.00000109. The molecule has 0 aliphatic rings. The van der Waals surface area contributed by atoms with Crippen molar-refractivity contribution in [3.8, 4) is 0 Å². The number of carbonyl (C=O) groups is 4. The van der Waals surface area contributed by atoms with Crippen LogP contribution in [-0.2, 0) is 19.2 Å². The van der Waals surface area contributed by atoms with E-state index in [9.17, 15) is 19.2 Å². The Morgan fingerprint density at radius 2 is 0.754 bits per heavy atom. The van der Waals surface area contributed by atoms with Crippen molar-refractivity contribution in [1.82, 2.24) is 10.6 Å². The largest absolute Gasteiger partial charge is 0.388 e. The molecule has 0 saturated carbocycles. The molecule has 11 nitrogen and oxygen atoms in total. The molecule has 0 fully saturated rings. The summed E-state index contributed by atoms with van der Waals surface area (Å²) in [6.45, 7) is 11.6. The number of nitrogens with two attached hydrogens (primary N) is 3. The van der Waals surface area contributed by atoms with Crippen LogP contribution in [0.5, 0.6) is 0 Å². The Morgan fingerprint density at radius 1 is 0.410 bits per heavy atom. The molecule has 2 amide bonds. The molecule has 0 aliphatic heterocycles. The summed E-state index contributed by atoms with van der Waals surface area (Å²) in [5.41, 5.74) is 16.3. The molecular weight excluding hydrogens is 763 g/mol. The second-order valence-electron chi connectivity index (χ2n) is 17.1. The second-order valence-corrected chi connectivity index (χ2v) is 17.1. The third-order valence-electron chi connectivity index (χ3n) is 10.9. The predicted octanol–water partition coefficient (Wildman–Crippen LogP) is 11.7. The summed E-state index contributed by atoms with van der Waals surface area (Å²) in [4.78, 5) is 57.8. The number of hydrogen-bond acceptors (Lipinski definition) is 6. The van der Waals surface area contributed by atoms with Crippen LogP contribution in [0.2, 0.25) is 0 Å². The summed E-state index contributed by atoms with van der Waals surface area (Å²) >= 11 is 0. The zero-order valence-electron chi connectivity index (χ0n) is 39.9. The van der Waals surface area contributed by atoms with Crippen molar-refractivity contribution in [2.45, 2.75) is 272 Å². The second kappa shape index (κ2) is 48.1. The van der Waals surface area contributed by atoms with Gasteiger partial charge in [-0.15, -0.1) is 0 Å². The first-order valence-corrected chi connectivity index (χ1v) is 25.0. The molecule has 0 saturated heterocycles. The van der Waals surface area contributed by atoms with Gasteiger partial charge >= 0.3 is 0 Å². The molecule has 2 atom stereocenters. The van der Waals surface area contributed by atoms with Crippen LogP contribution in [0.4, 0.5) is 0 Å². The number of nitrogens with zero attached hydrogens (tertiary/aromatic N) is 2. The van der Waals surface area contributed by atoms with E-state index in [1.165, 1.54) is 116 Å². The van der Waals surface area contributed by atoms with Crippen LogP contribution in [0.1, 0.15) is 260 Å². The number of rotatable bonds is 42. The van der Waals surface area contributed by atoms with Gasteiger partial charge in [-0.25, -0.2) is 0 Å². The normalized spacial score (nSPS) is 12.0. The van der Waals surface area contributed by atoms with E-state index in [-0.39, 0.29) is 42.8 Å². The molecule has 2 unspecified atom stereocenters. The van der Waals surface area contributed by atoms with Gasteiger partial charge in [0.25, 0.3) is 0 Å². The van der Waals surface area contributed by atoms with Crippen molar-refractivity contribution in [3.63, 3.8) is 0 Å². The molecule has 11 heteroatoms. The summed E-state index contributed by atoms with van der Waals surface area (Å²) in [5, 5.41) is 5.96. The van der Waals surface area contributed by atoms with Crippen LogP contribution < -0.4 is 27.8 Å². The summed E-state index contributed by atoms with van der Waals surface area (Å²) in [6, 6.07) is -0.750. The number of carbonyl (C=O) groups excluding carboxylic acids is 4. The average Bonchev–Trinajstić information content (AvgIpc) is 3.21. The van der Waals surface area contributed by atoms with E-state index in [4.69, 9.17) is 17.2 Å². The number of ketones is 2. The smallest absolute Gasteiger partial charge is 0.220 e. The minimum absolute atomic E-state index is 0. The summed E-state index contributed by atoms with van der Waals surface area (Å²) in [7, 11) is 0. The lowest BCUT2D eigenvalue weighted by atomic mass is 10.00. The van der Waals surface area contributed by atoms with Crippen LogP contribution in [0, 0.1) is 0 Å². The quantitative estimate of drug-likeness (QED) is 0.0229. The third-order valence-corrected chi connectivity index (χ3v) is 10.9. The van der Waals surface area contributed by atoms with Crippen LogP contribution in [0.25, 0.3) is 0 Å². The maximum absolute atomic E-state index is 12.8. The van der Waals surface area contributed by atoms with Gasteiger partial charge in [-0.1, -0.05) is 170 Å². The highest BCUT2D eigenvalue weighted by Gasteiger charge is 2.21. The molecule has 0 radical (unpaired) electrons. The van der Waals surface area contributed by atoms with E-state index >= 15 is 0 Å². The Hall–Kier alpha value is -2.98. The van der Waals surface area contributed by atoms with E-state index < -0.39 is 6.04 Å². The van der Waals surface area contributed by atoms with Crippen molar-refractivity contribution in [3.05, 3.63) is 0 Å². The minimum atomic E-state index is -0.411. The SMILES string of the molecule is C.CCCCCCCCCCCC(=O)NC(CCCCN=C(C)N)C(=O)CCC.CCCCCCCCCCCCC(=O)C(CCCN=C(N)N)NC(=O)CCCCCCC. The summed E-state index contributed by atoms with van der Waals surface area (Å²) in [6.07, 6.45) is 35.8. The maximum atomic E-state index is 12.8. The molecule has 0 aromatic heterocycles. The molecular formula is C50H101N7O4. The van der Waals surface area contributed by atoms with Gasteiger partial charge in [0.05, 0.1) is 17.9 Å². The predicted molar refractivity (Wildman–Crippen MR) is 263 cm³/mol. The summed E-state index contributed by atoms with van der Waals surface area (Å²) < 4.78 is 0. The molecule has 8 N–H and O–H groups in total. The van der Waals surface area contributed by atoms with Crippen LogP contribution >= 0.6 is 0 Å². The van der Waals surface area contributed by atoms with E-state index in [0.717, 1.165) is 57.8 Å². The van der Waals surface area contributed by atoms with Crippen molar-refractivity contribution in [1.29, 1.82) is 0 Å². The van der Waals surface area contributed by atoms with E-state index in [0.29, 0.717) is 63.9 Å². The van der Waals surface area contributed by atoms with E-state index in [2.05, 4.69) is 41.4 Å². The lowest BCUT2D eigenvalue weighted by molar-refractivity contribution is -0.128. The molecule has 360 valence electrons. The molecule has 0 aromatic carbocycles. The molecule has 0 rings (SSSR count). The van der Waals surface area contributed by atoms with E-state index in [1.807, 2.05) is 6.92 Å². The van der Waals surface area contributed by atoms with Gasteiger partial charge in [0.1, 0.15) is 0 Å². The standard InChI is InChI=1S/C26H52N4O2.C23H45N3O2.CH4/c1-3-5-7-9-10-11-12-13-15-16-20-24(31)23(19-18-22-29-26(27)28)30-25(32)21-17-14-8-6-4-2;1-4-6-7-8-9-10-11-12-13-18-23(28)26-21(22(27)16-5-2)17-14-15-19-25-20(3)24;/h23H,3-22H2,1-2H3,(H,30,32)(H4,27,28,29);21H,4-19H2,1-3H3,(H2,24,25)(H,26,28);1H4. The first-order chi connectivity index (χ1) is 29.0. The fourth-order valence-electron chi connectivity index (χ4n) is 7.25. The van der Waals surface area contributed by atoms with Crippen LogP contribution in [0.15, 0.2) is 9.98 Å². The molecule has 0 spiro atoms. The van der Waals surface area contributed by atoms with Crippen molar-refractivity contribution in [2.24, 2.45) is 27.2 Å². The lowest BCUT2D eigenvalue weighted by Gasteiger charge is -2.17. The Bertz CT molecular complexity index is 1090. The number of unbranched alkanes of at least 4 members (excludes halogenated alkanes) is 22. The Kier molecular flexibility index (Phi) is 49.1. The van der Waals surface area contributed by atoms with Gasteiger partial charge in [-0.3, -0.25) is 29.2 Å². The topological polar surface area (TPSA) is 195 Å². The maximum Gasteiger partial charge on any atom is 0.220 e. The monoisotopic (exact) mass is 864 g/mol. The van der Waals surface area contributed by atoms with Crippen LogP contribution in [-0.4, -0.2) is 60.3 Å². The zero-order valence-corrected chi connectivity index (χ0v) is 39.9. The average molecular weight is 864 g/mol. The van der Waals surface area contributed by atoms with Crippen molar-refractivity contribution in [2.75, 3.05) is 13.1 Å². The van der Waals surface area contributed by atoms with Gasteiger partial charge in [-0.05, 0) is 64.7 Å². The highest BCUT2D eigenvalue weighted by atomic mass is 16.2. The van der Waals surface area contributed by atoms with Crippen molar-refractivity contribution >= 4 is 35.2 Å². The lowest BCUT2D eigenvalue weighted by Crippen LogP contribution is -2.40. The number of Topliss-reactive ketones (excluding diaryl/α,β-unsaturated/α-hetero) is 2. The van der Waals surface area contributed by atoms with Gasteiger partial charge in [-0.2, -0.15) is 0 Å². The fraction of sp³-hybridized carbons (Fsp3) is 0.880. The van der Waals surface area contributed by atoms with Crippen molar-refractivity contribution < 1.29 is 19.2 Å². The van der Waals surface area contributed by atoms with Gasteiger partial charge in [0.2, 0.25) is 11.8 Å². The number of amidine groups is 1. The molecule has 0 aromatic rings. The van der Waals surface area contributed by atoms with Crippen LogP contribution in [0.3, 0.4) is 0 Å². The molecule has 0 aliphatic carbocycles. The van der Waals surface area contributed by atoms with E-state index in [1.54, 1.807) is 6.92 Å². The molecule has 0 heterocycles. The number of nitrogens with one attached hydrogen (secondary N) is 2. The molecule has 0 bridgehead atoms. The first-order valence-electron chi connectivity index (χ1n) is 25.0. The van der Waals surface area contributed by atoms with Gasteiger partial charge in [0, 0.05) is 38.8 Å². The third kappa shape index (κ3) is 46.4. The zero-order chi connectivity index (χ0) is 44.9. The minimum Gasteiger partial charge on any atom is -0.388 e. The summed E-state index contributed by atoms with van der Waals surface area (Å²) in [5.74, 6) is 0.968. The Morgan fingerprint density at radius 3 is 1.13 bits per heavy atom. The number of aliphatic imine (C=N–C) groups is 2. The fourth-order valence-corrected chi connectivity index (χ4v) is 7.25. The molecule has 61 heavy (non-hydrogen) atoms. The number of amides is 2. The first kappa shape index (κ1) is 62.3. The van der Waals surface area contributed by atoms with Gasteiger partial charge in [0.15, 0.2) is 17.5 Å².